The summed E-state index contributed by atoms with van der Waals surface area (Å²) in [5.74, 6) is 2.37. The first-order valence-corrected chi connectivity index (χ1v) is 7.92. The van der Waals surface area contributed by atoms with E-state index in [2.05, 4.69) is 69.1 Å². The molecular weight excluding hydrogens is 276 g/mol. The molecule has 1 saturated carbocycles. The highest BCUT2D eigenvalue weighted by atomic mass is 16.4. The first-order chi connectivity index (χ1) is 10.00. The molecule has 22 heavy (non-hydrogen) atoms. The van der Waals surface area contributed by atoms with Crippen molar-refractivity contribution in [1.82, 2.24) is 15.6 Å². The highest BCUT2D eigenvalue weighted by molar-refractivity contribution is 5.80. The summed E-state index contributed by atoms with van der Waals surface area (Å²) in [5.41, 5.74) is 0.521. The van der Waals surface area contributed by atoms with Gasteiger partial charge in [-0.25, -0.2) is 4.98 Å². The van der Waals surface area contributed by atoms with E-state index in [1.807, 2.05) is 0 Å². The smallest absolute Gasteiger partial charge is 0.213 e. The fourth-order valence-corrected chi connectivity index (χ4v) is 2.79. The van der Waals surface area contributed by atoms with Gasteiger partial charge >= 0.3 is 0 Å². The van der Waals surface area contributed by atoms with Crippen molar-refractivity contribution < 1.29 is 4.42 Å². The van der Waals surface area contributed by atoms with Crippen LogP contribution in [0.15, 0.2) is 15.6 Å². The number of guanidine groups is 1. The van der Waals surface area contributed by atoms with E-state index >= 15 is 0 Å². The van der Waals surface area contributed by atoms with Gasteiger partial charge in [-0.15, -0.1) is 0 Å². The molecule has 2 N–H and O–H groups in total. The van der Waals surface area contributed by atoms with E-state index in [9.17, 15) is 0 Å². The maximum atomic E-state index is 5.79. The Morgan fingerprint density at radius 3 is 2.27 bits per heavy atom. The summed E-state index contributed by atoms with van der Waals surface area (Å²) in [5, 5.41) is 6.78. The third kappa shape index (κ3) is 2.99. The Bertz CT molecular complexity index is 549. The van der Waals surface area contributed by atoms with Gasteiger partial charge in [-0.1, -0.05) is 48.5 Å². The van der Waals surface area contributed by atoms with Crippen LogP contribution in [0.5, 0.6) is 0 Å². The van der Waals surface area contributed by atoms with Crippen molar-refractivity contribution in [3.63, 3.8) is 0 Å². The highest BCUT2D eigenvalue weighted by Gasteiger charge is 2.65. The SMILES string of the molecule is CN=C(NCc1ncc(C(C)(C)C)o1)NC1C(C)(C)C1(C)C. The van der Waals surface area contributed by atoms with Gasteiger partial charge in [0.05, 0.1) is 12.7 Å². The van der Waals surface area contributed by atoms with Crippen LogP contribution in [0.4, 0.5) is 0 Å². The second-order valence-electron chi connectivity index (χ2n) is 8.31. The topological polar surface area (TPSA) is 62.5 Å². The van der Waals surface area contributed by atoms with Crippen molar-refractivity contribution in [2.45, 2.75) is 66.5 Å². The zero-order valence-electron chi connectivity index (χ0n) is 15.2. The Labute approximate surface area is 134 Å². The van der Waals surface area contributed by atoms with Crippen molar-refractivity contribution >= 4 is 5.96 Å². The zero-order valence-corrected chi connectivity index (χ0v) is 15.2. The Kier molecular flexibility index (Phi) is 4.05. The summed E-state index contributed by atoms with van der Waals surface area (Å²) in [6, 6.07) is 0.417. The van der Waals surface area contributed by atoms with Gasteiger partial charge in [-0.05, 0) is 10.8 Å². The summed E-state index contributed by atoms with van der Waals surface area (Å²) >= 11 is 0. The molecule has 2 rings (SSSR count). The number of aliphatic imine (C=N–C) groups is 1. The van der Waals surface area contributed by atoms with E-state index in [4.69, 9.17) is 4.42 Å². The summed E-state index contributed by atoms with van der Waals surface area (Å²) in [4.78, 5) is 8.62. The van der Waals surface area contributed by atoms with E-state index in [1.165, 1.54) is 0 Å². The Morgan fingerprint density at radius 2 is 1.86 bits per heavy atom. The van der Waals surface area contributed by atoms with Crippen molar-refractivity contribution in [2.24, 2.45) is 15.8 Å². The Balaban J connectivity index is 1.92. The molecule has 0 amide bonds. The minimum absolute atomic E-state index is 0.0206. The first kappa shape index (κ1) is 16.8. The predicted octanol–water partition coefficient (Wildman–Crippen LogP) is 3.07. The summed E-state index contributed by atoms with van der Waals surface area (Å²) in [6.07, 6.45) is 1.81. The van der Waals surface area contributed by atoms with Gasteiger partial charge in [0.25, 0.3) is 0 Å². The van der Waals surface area contributed by atoms with Gasteiger partial charge in [0.1, 0.15) is 5.76 Å². The first-order valence-electron chi connectivity index (χ1n) is 7.92. The van der Waals surface area contributed by atoms with Gasteiger partial charge in [0.15, 0.2) is 5.96 Å². The minimum atomic E-state index is -0.0206. The lowest BCUT2D eigenvalue weighted by Gasteiger charge is -2.14. The lowest BCUT2D eigenvalue weighted by molar-refractivity contribution is 0.379. The molecule has 1 fully saturated rings. The van der Waals surface area contributed by atoms with E-state index < -0.39 is 0 Å². The van der Waals surface area contributed by atoms with Gasteiger partial charge < -0.3 is 15.1 Å². The molecule has 1 aromatic heterocycles. The van der Waals surface area contributed by atoms with Gasteiger partial charge in [-0.2, -0.15) is 0 Å². The Hall–Kier alpha value is -1.52. The summed E-state index contributed by atoms with van der Waals surface area (Å²) in [7, 11) is 1.79. The lowest BCUT2D eigenvalue weighted by atomic mass is 9.94. The lowest BCUT2D eigenvalue weighted by Crippen LogP contribution is -2.40. The second-order valence-corrected chi connectivity index (χ2v) is 8.31. The molecule has 0 radical (unpaired) electrons. The van der Waals surface area contributed by atoms with Gasteiger partial charge in [0.2, 0.25) is 5.89 Å². The fourth-order valence-electron chi connectivity index (χ4n) is 2.79. The van der Waals surface area contributed by atoms with Crippen LogP contribution in [0.3, 0.4) is 0 Å². The third-order valence-electron chi connectivity index (χ3n) is 5.23. The monoisotopic (exact) mass is 306 g/mol. The van der Waals surface area contributed by atoms with Crippen LogP contribution in [0.1, 0.15) is 60.1 Å². The van der Waals surface area contributed by atoms with Crippen LogP contribution in [-0.2, 0) is 12.0 Å². The summed E-state index contributed by atoms with van der Waals surface area (Å²) in [6.45, 7) is 16.0. The molecule has 0 aliphatic heterocycles. The molecule has 0 bridgehead atoms. The average molecular weight is 306 g/mol. The van der Waals surface area contributed by atoms with Crippen molar-refractivity contribution in [3.05, 3.63) is 17.8 Å². The van der Waals surface area contributed by atoms with Crippen molar-refractivity contribution in [2.75, 3.05) is 7.05 Å². The van der Waals surface area contributed by atoms with E-state index in [0.717, 1.165) is 11.7 Å². The quantitative estimate of drug-likeness (QED) is 0.665. The molecule has 1 aliphatic carbocycles. The average Bonchev–Trinajstić information content (AvgIpc) is 2.77. The number of aromatic nitrogens is 1. The van der Waals surface area contributed by atoms with Crippen LogP contribution >= 0.6 is 0 Å². The molecule has 0 spiro atoms. The number of nitrogens with zero attached hydrogens (tertiary/aromatic N) is 2. The highest BCUT2D eigenvalue weighted by Crippen LogP contribution is 2.62. The van der Waals surface area contributed by atoms with Crippen LogP contribution in [0, 0.1) is 10.8 Å². The standard InChI is InChI=1S/C17H30N4O/c1-15(2,3)11-9-19-12(22-11)10-20-14(18-8)21-13-16(4,5)17(13,6)7/h9,13H,10H2,1-8H3,(H2,18,20,21). The maximum absolute atomic E-state index is 5.79. The molecule has 124 valence electrons. The van der Waals surface area contributed by atoms with Crippen LogP contribution in [0.25, 0.3) is 0 Å². The maximum Gasteiger partial charge on any atom is 0.213 e. The largest absolute Gasteiger partial charge is 0.443 e. The van der Waals surface area contributed by atoms with Crippen LogP contribution < -0.4 is 10.6 Å². The van der Waals surface area contributed by atoms with Gasteiger partial charge in [-0.3, -0.25) is 4.99 Å². The Morgan fingerprint density at radius 1 is 1.27 bits per heavy atom. The molecule has 5 heteroatoms. The van der Waals surface area contributed by atoms with Crippen molar-refractivity contribution in [3.8, 4) is 0 Å². The van der Waals surface area contributed by atoms with Crippen molar-refractivity contribution in [1.29, 1.82) is 0 Å². The van der Waals surface area contributed by atoms with E-state index in [1.54, 1.807) is 13.2 Å². The number of nitrogens with one attached hydrogen (secondary N) is 2. The molecule has 1 aliphatic rings. The second kappa shape index (κ2) is 5.28. The minimum Gasteiger partial charge on any atom is -0.443 e. The molecule has 0 atom stereocenters. The number of oxazole rings is 1. The van der Waals surface area contributed by atoms with E-state index in [0.29, 0.717) is 18.5 Å². The van der Waals surface area contributed by atoms with E-state index in [-0.39, 0.29) is 16.2 Å². The molecular formula is C17H30N4O. The van der Waals surface area contributed by atoms with Crippen LogP contribution in [0.2, 0.25) is 0 Å². The molecule has 0 unspecified atom stereocenters. The molecule has 0 saturated heterocycles. The number of hydrogen-bond acceptors (Lipinski definition) is 3. The molecule has 0 aromatic carbocycles. The molecule has 1 heterocycles. The normalized spacial score (nSPS) is 20.8. The third-order valence-corrected chi connectivity index (χ3v) is 5.23. The fraction of sp³-hybridized carbons (Fsp3) is 0.765. The number of hydrogen-bond donors (Lipinski definition) is 2. The molecule has 1 aromatic rings. The van der Waals surface area contributed by atoms with Crippen LogP contribution in [-0.4, -0.2) is 24.0 Å². The zero-order chi connectivity index (χ0) is 16.8. The molecule has 5 nitrogen and oxygen atoms in total. The predicted molar refractivity (Wildman–Crippen MR) is 89.9 cm³/mol. The summed E-state index contributed by atoms with van der Waals surface area (Å²) < 4.78 is 5.79. The number of rotatable bonds is 3. The van der Waals surface area contributed by atoms with Gasteiger partial charge in [0, 0.05) is 18.5 Å².